The predicted octanol–water partition coefficient (Wildman–Crippen LogP) is 3.60. The maximum atomic E-state index is 13.9. The number of likely N-dealkylation sites (N-methyl/N-ethyl adjacent to an activating group) is 1. The van der Waals surface area contributed by atoms with E-state index in [9.17, 15) is 32.8 Å². The molecule has 1 N–H and O–H groups in total. The molecule has 0 saturated carbocycles. The van der Waals surface area contributed by atoms with Crippen LogP contribution in [0.1, 0.15) is 48.2 Å². The van der Waals surface area contributed by atoms with Crippen LogP contribution in [0.2, 0.25) is 0 Å². The lowest BCUT2D eigenvalue weighted by Crippen LogP contribution is -2.52. The lowest BCUT2D eigenvalue weighted by molar-refractivity contribution is -0.138. The summed E-state index contributed by atoms with van der Waals surface area (Å²) in [6.07, 6.45) is -2.73. The normalized spacial score (nSPS) is 21.5. The largest absolute Gasteiger partial charge is 0.417 e. The first-order chi connectivity index (χ1) is 17.4. The van der Waals surface area contributed by atoms with Crippen molar-refractivity contribution in [1.82, 2.24) is 14.8 Å². The van der Waals surface area contributed by atoms with Crippen molar-refractivity contribution in [2.45, 2.75) is 50.4 Å². The minimum atomic E-state index is -4.68. The molecule has 11 heteroatoms. The summed E-state index contributed by atoms with van der Waals surface area (Å²) in [5.41, 5.74) is -1.15. The Labute approximate surface area is 212 Å². The fourth-order valence-corrected chi connectivity index (χ4v) is 5.11. The molecule has 4 rings (SSSR count). The lowest BCUT2D eigenvalue weighted by atomic mass is 9.80. The molecule has 0 aliphatic carbocycles. The van der Waals surface area contributed by atoms with E-state index >= 15 is 0 Å². The van der Waals surface area contributed by atoms with Crippen molar-refractivity contribution in [1.29, 1.82) is 5.26 Å². The molecule has 2 aliphatic heterocycles. The summed E-state index contributed by atoms with van der Waals surface area (Å²) < 4.78 is 39.5. The highest BCUT2D eigenvalue weighted by Crippen LogP contribution is 2.46. The minimum absolute atomic E-state index is 0.0470. The number of hydrogen-bond donors (Lipinski definition) is 1. The molecule has 1 aromatic carbocycles. The second-order valence-corrected chi connectivity index (χ2v) is 9.92. The molecule has 2 aromatic rings. The number of aromatic nitrogens is 1. The molecule has 1 saturated heterocycles. The zero-order valence-corrected chi connectivity index (χ0v) is 20.5. The van der Waals surface area contributed by atoms with Crippen molar-refractivity contribution in [3.05, 3.63) is 59.4 Å². The number of para-hydroxylation sites is 1. The summed E-state index contributed by atoms with van der Waals surface area (Å²) in [5.74, 6) is -1.70. The molecule has 0 unspecified atom stereocenters. The van der Waals surface area contributed by atoms with E-state index in [0.717, 1.165) is 11.1 Å². The van der Waals surface area contributed by atoms with Crippen molar-refractivity contribution in [2.75, 3.05) is 18.9 Å². The molecule has 3 amide bonds. The van der Waals surface area contributed by atoms with Crippen LogP contribution in [0.15, 0.2) is 42.7 Å². The second-order valence-electron chi connectivity index (χ2n) is 9.92. The van der Waals surface area contributed by atoms with Gasteiger partial charge in [-0.05, 0) is 30.0 Å². The van der Waals surface area contributed by atoms with Gasteiger partial charge >= 0.3 is 6.18 Å². The number of rotatable bonds is 5. The second kappa shape index (κ2) is 9.50. The SMILES string of the molecule is CC(C)C[C@@H](C(=O)N1C[C@]2(C[C@H]1C#N)C(=O)Nc1ccccc12)N(C)C(=O)c1cncc(C(F)(F)F)c1. The van der Waals surface area contributed by atoms with Crippen molar-refractivity contribution in [3.63, 3.8) is 0 Å². The number of carbonyl (C=O) groups excluding carboxylic acids is 3. The Kier molecular flexibility index (Phi) is 6.71. The number of anilines is 1. The number of likely N-dealkylation sites (tertiary alicyclic amines) is 1. The maximum absolute atomic E-state index is 13.9. The molecule has 1 fully saturated rings. The summed E-state index contributed by atoms with van der Waals surface area (Å²) in [6.45, 7) is 3.64. The maximum Gasteiger partial charge on any atom is 0.417 e. The highest BCUT2D eigenvalue weighted by atomic mass is 19.4. The molecule has 1 aromatic heterocycles. The van der Waals surface area contributed by atoms with E-state index in [2.05, 4.69) is 16.4 Å². The average molecular weight is 514 g/mol. The van der Waals surface area contributed by atoms with Crippen LogP contribution in [0.25, 0.3) is 0 Å². The van der Waals surface area contributed by atoms with Crippen LogP contribution in [0.5, 0.6) is 0 Å². The van der Waals surface area contributed by atoms with Crippen LogP contribution in [0.3, 0.4) is 0 Å². The van der Waals surface area contributed by atoms with Gasteiger partial charge in [-0.25, -0.2) is 0 Å². The van der Waals surface area contributed by atoms with Gasteiger partial charge in [0, 0.05) is 38.1 Å². The minimum Gasteiger partial charge on any atom is -0.330 e. The summed E-state index contributed by atoms with van der Waals surface area (Å²) in [6, 6.07) is 7.94. The van der Waals surface area contributed by atoms with Gasteiger partial charge in [0.25, 0.3) is 5.91 Å². The number of fused-ring (bicyclic) bond motifs is 2. The molecule has 3 atom stereocenters. The number of nitrogens with one attached hydrogen (secondary N) is 1. The van der Waals surface area contributed by atoms with Gasteiger partial charge in [0.2, 0.25) is 11.8 Å². The number of amides is 3. The third kappa shape index (κ3) is 4.63. The van der Waals surface area contributed by atoms with Gasteiger partial charge in [-0.2, -0.15) is 18.4 Å². The molecule has 0 bridgehead atoms. The fourth-order valence-electron chi connectivity index (χ4n) is 5.11. The van der Waals surface area contributed by atoms with Crippen LogP contribution in [0, 0.1) is 17.2 Å². The highest BCUT2D eigenvalue weighted by molar-refractivity contribution is 6.07. The predicted molar refractivity (Wildman–Crippen MR) is 127 cm³/mol. The van der Waals surface area contributed by atoms with E-state index in [0.29, 0.717) is 23.5 Å². The number of alkyl halides is 3. The van der Waals surface area contributed by atoms with Crippen LogP contribution >= 0.6 is 0 Å². The molecule has 0 radical (unpaired) electrons. The first-order valence-corrected chi connectivity index (χ1v) is 11.8. The molecular weight excluding hydrogens is 487 g/mol. The Morgan fingerprint density at radius 1 is 1.30 bits per heavy atom. The fraction of sp³-hybridized carbons (Fsp3) is 0.423. The summed E-state index contributed by atoms with van der Waals surface area (Å²) in [5, 5.41) is 12.7. The molecule has 1 spiro atoms. The third-order valence-corrected chi connectivity index (χ3v) is 7.00. The number of halogens is 3. The Morgan fingerprint density at radius 3 is 2.65 bits per heavy atom. The first kappa shape index (κ1) is 26.1. The van der Waals surface area contributed by atoms with Crippen LogP contribution < -0.4 is 5.32 Å². The van der Waals surface area contributed by atoms with Crippen LogP contribution in [-0.4, -0.2) is 58.2 Å². The molecule has 37 heavy (non-hydrogen) atoms. The van der Waals surface area contributed by atoms with E-state index in [1.165, 1.54) is 11.9 Å². The molecule has 194 valence electrons. The molecule has 3 heterocycles. The Balaban J connectivity index is 1.65. The number of benzene rings is 1. The van der Waals surface area contributed by atoms with Gasteiger partial charge < -0.3 is 15.1 Å². The monoisotopic (exact) mass is 513 g/mol. The van der Waals surface area contributed by atoms with Gasteiger partial charge in [-0.1, -0.05) is 32.0 Å². The summed E-state index contributed by atoms with van der Waals surface area (Å²) in [7, 11) is 1.35. The average Bonchev–Trinajstić information content (AvgIpc) is 3.39. The van der Waals surface area contributed by atoms with Gasteiger partial charge in [-0.15, -0.1) is 0 Å². The van der Waals surface area contributed by atoms with Crippen LogP contribution in [0.4, 0.5) is 18.9 Å². The Morgan fingerprint density at radius 2 is 2.00 bits per heavy atom. The van der Waals surface area contributed by atoms with E-state index in [1.54, 1.807) is 24.3 Å². The quantitative estimate of drug-likeness (QED) is 0.658. The van der Waals surface area contributed by atoms with Crippen molar-refractivity contribution >= 4 is 23.4 Å². The third-order valence-electron chi connectivity index (χ3n) is 7.00. The smallest absolute Gasteiger partial charge is 0.330 e. The first-order valence-electron chi connectivity index (χ1n) is 11.8. The number of nitrogens with zero attached hydrogens (tertiary/aromatic N) is 4. The van der Waals surface area contributed by atoms with Crippen molar-refractivity contribution < 1.29 is 27.6 Å². The van der Waals surface area contributed by atoms with E-state index in [-0.39, 0.29) is 36.8 Å². The number of pyridine rings is 1. The Bertz CT molecular complexity index is 1290. The zero-order chi connectivity index (χ0) is 27.1. The van der Waals surface area contributed by atoms with E-state index < -0.39 is 41.1 Å². The standard InChI is InChI=1S/C26H26F3N5O3/c1-15(2)8-21(33(3)22(35)16-9-17(13-31-12-16)26(27,28)29)23(36)34-14-25(10-18(34)11-30)19-6-4-5-7-20(19)32-24(25)37/h4-7,9,12-13,15,18,21H,8,10,14H2,1-3H3,(H,32,37)/t18-,21-,25-/m0/s1. The number of hydrogen-bond acceptors (Lipinski definition) is 5. The zero-order valence-electron chi connectivity index (χ0n) is 20.5. The van der Waals surface area contributed by atoms with Crippen molar-refractivity contribution in [3.8, 4) is 6.07 Å². The summed E-state index contributed by atoms with van der Waals surface area (Å²) in [4.78, 5) is 46.1. The molecule has 8 nitrogen and oxygen atoms in total. The van der Waals surface area contributed by atoms with Gasteiger partial charge in [0.15, 0.2) is 0 Å². The van der Waals surface area contributed by atoms with Gasteiger partial charge in [-0.3, -0.25) is 19.4 Å². The number of nitriles is 1. The van der Waals surface area contributed by atoms with Gasteiger partial charge in [0.1, 0.15) is 12.1 Å². The lowest BCUT2D eigenvalue weighted by Gasteiger charge is -2.33. The van der Waals surface area contributed by atoms with E-state index in [4.69, 9.17) is 0 Å². The highest BCUT2D eigenvalue weighted by Gasteiger charge is 2.56. The summed E-state index contributed by atoms with van der Waals surface area (Å²) >= 11 is 0. The van der Waals surface area contributed by atoms with Crippen molar-refractivity contribution in [2.24, 2.45) is 5.92 Å². The topological polar surface area (TPSA) is 106 Å². The van der Waals surface area contributed by atoms with E-state index in [1.807, 2.05) is 13.8 Å². The molecule has 2 aliphatic rings. The number of carbonyl (C=O) groups is 3. The molecular formula is C26H26F3N5O3. The van der Waals surface area contributed by atoms with Crippen LogP contribution in [-0.2, 0) is 21.2 Å². The van der Waals surface area contributed by atoms with Gasteiger partial charge in [0.05, 0.1) is 22.6 Å². The Hall–Kier alpha value is -3.94.